The van der Waals surface area contributed by atoms with Crippen LogP contribution >= 0.6 is 15.9 Å². The fraction of sp³-hybridized carbons (Fsp3) is 0.480. The van der Waals surface area contributed by atoms with E-state index in [2.05, 4.69) is 46.0 Å². The van der Waals surface area contributed by atoms with Crippen LogP contribution in [0.2, 0.25) is 0 Å². The van der Waals surface area contributed by atoms with Crippen LogP contribution in [0.25, 0.3) is 16.6 Å². The summed E-state index contributed by atoms with van der Waals surface area (Å²) in [5.41, 5.74) is 6.41. The molecule has 0 aromatic carbocycles. The lowest BCUT2D eigenvalue weighted by atomic mass is 9.95. The molecule has 32 heavy (non-hydrogen) atoms. The number of aromatic nitrogens is 3. The van der Waals surface area contributed by atoms with Gasteiger partial charge in [-0.25, -0.2) is 4.52 Å². The van der Waals surface area contributed by atoms with Crippen molar-refractivity contribution in [3.05, 3.63) is 52.0 Å². The van der Waals surface area contributed by atoms with Gasteiger partial charge in [0.2, 0.25) is 0 Å². The summed E-state index contributed by atoms with van der Waals surface area (Å²) in [7, 11) is 0. The summed E-state index contributed by atoms with van der Waals surface area (Å²) in [5, 5.41) is 5.01. The molecule has 0 saturated heterocycles. The number of aryl methyl sites for hydroxylation is 1. The van der Waals surface area contributed by atoms with Crippen LogP contribution in [0.15, 0.2) is 35.1 Å². The molecule has 1 saturated carbocycles. The van der Waals surface area contributed by atoms with Crippen molar-refractivity contribution in [3.8, 4) is 11.1 Å². The first kappa shape index (κ1) is 22.9. The lowest BCUT2D eigenvalue weighted by Crippen LogP contribution is -2.12. The van der Waals surface area contributed by atoms with Gasteiger partial charge in [-0.05, 0) is 84.6 Å². The van der Waals surface area contributed by atoms with E-state index in [9.17, 15) is 4.79 Å². The summed E-state index contributed by atoms with van der Waals surface area (Å²) in [6.45, 7) is 5.63. The average Bonchev–Trinajstić information content (AvgIpc) is 3.51. The molecule has 0 atom stereocenters. The third-order valence-corrected chi connectivity index (χ3v) is 6.25. The summed E-state index contributed by atoms with van der Waals surface area (Å²) in [6, 6.07) is 6.35. The summed E-state index contributed by atoms with van der Waals surface area (Å²) < 4.78 is 14.2. The molecule has 0 spiro atoms. The highest BCUT2D eigenvalue weighted by molar-refractivity contribution is 9.10. The number of carbonyl (C=O) groups excluding carboxylic acids is 1. The molecule has 3 aromatic rings. The van der Waals surface area contributed by atoms with Crippen LogP contribution < -0.4 is 0 Å². The fourth-order valence-corrected chi connectivity index (χ4v) is 4.40. The minimum Gasteiger partial charge on any atom is -0.466 e. The average molecular weight is 500 g/mol. The largest absolute Gasteiger partial charge is 0.466 e. The predicted molar refractivity (Wildman–Crippen MR) is 127 cm³/mol. The standard InChI is InChI=1S/C25H30BrN3O3/c1-3-20-10-11-23-25(18-12-19(26)14-27-13-18)21(6-5-7-24(30)32-4-2)22(28-29(20)23)16-31-15-17-8-9-17/h10-14,17H,3-9,15-16H2,1-2H3. The van der Waals surface area contributed by atoms with Crippen LogP contribution in [0.3, 0.4) is 0 Å². The molecule has 0 aliphatic heterocycles. The van der Waals surface area contributed by atoms with Crippen molar-refractivity contribution >= 4 is 27.4 Å². The molecule has 0 unspecified atom stereocenters. The first-order valence-corrected chi connectivity index (χ1v) is 12.3. The molecule has 7 heteroatoms. The molecule has 1 aliphatic carbocycles. The van der Waals surface area contributed by atoms with Gasteiger partial charge in [0.25, 0.3) is 0 Å². The lowest BCUT2D eigenvalue weighted by Gasteiger charge is -2.18. The van der Waals surface area contributed by atoms with Crippen molar-refractivity contribution in [2.45, 2.75) is 59.0 Å². The molecule has 3 heterocycles. The molecule has 3 aromatic heterocycles. The highest BCUT2D eigenvalue weighted by Gasteiger charge is 2.23. The first-order valence-electron chi connectivity index (χ1n) is 11.5. The van der Waals surface area contributed by atoms with Gasteiger partial charge in [-0.3, -0.25) is 9.78 Å². The third kappa shape index (κ3) is 5.38. The van der Waals surface area contributed by atoms with Gasteiger partial charge >= 0.3 is 5.97 Å². The van der Waals surface area contributed by atoms with Gasteiger partial charge in [-0.1, -0.05) is 6.92 Å². The maximum Gasteiger partial charge on any atom is 0.305 e. The lowest BCUT2D eigenvalue weighted by molar-refractivity contribution is -0.143. The molecule has 0 N–H and O–H groups in total. The van der Waals surface area contributed by atoms with Crippen LogP contribution in [0.1, 0.15) is 56.5 Å². The van der Waals surface area contributed by atoms with Crippen LogP contribution in [0.4, 0.5) is 0 Å². The number of carbonyl (C=O) groups is 1. The highest BCUT2D eigenvalue weighted by Crippen LogP contribution is 2.34. The Balaban J connectivity index is 1.76. The molecular formula is C25H30BrN3O3. The summed E-state index contributed by atoms with van der Waals surface area (Å²) in [6.07, 6.45) is 8.89. The number of fused-ring (bicyclic) bond motifs is 1. The van der Waals surface area contributed by atoms with Gasteiger partial charge in [0.1, 0.15) is 0 Å². The van der Waals surface area contributed by atoms with Crippen LogP contribution in [-0.2, 0) is 33.7 Å². The number of hydrogen-bond acceptors (Lipinski definition) is 5. The van der Waals surface area contributed by atoms with E-state index < -0.39 is 0 Å². The molecule has 1 aliphatic rings. The number of hydrogen-bond donors (Lipinski definition) is 0. The molecular weight excluding hydrogens is 470 g/mol. The second-order valence-electron chi connectivity index (χ2n) is 8.28. The van der Waals surface area contributed by atoms with Crippen LogP contribution in [0, 0.1) is 5.92 Å². The van der Waals surface area contributed by atoms with Gasteiger partial charge in [0.15, 0.2) is 0 Å². The number of ether oxygens (including phenoxy) is 2. The second kappa shape index (κ2) is 10.6. The zero-order valence-electron chi connectivity index (χ0n) is 18.8. The molecule has 0 radical (unpaired) electrons. The van der Waals surface area contributed by atoms with E-state index in [4.69, 9.17) is 14.6 Å². The summed E-state index contributed by atoms with van der Waals surface area (Å²) in [4.78, 5) is 16.4. The monoisotopic (exact) mass is 499 g/mol. The van der Waals surface area contributed by atoms with Gasteiger partial charge < -0.3 is 9.47 Å². The Labute approximate surface area is 197 Å². The Kier molecular flexibility index (Phi) is 7.58. The Morgan fingerprint density at radius 2 is 2.09 bits per heavy atom. The quantitative estimate of drug-likeness (QED) is 0.324. The topological polar surface area (TPSA) is 65.7 Å². The van der Waals surface area contributed by atoms with E-state index in [-0.39, 0.29) is 5.97 Å². The van der Waals surface area contributed by atoms with E-state index in [0.29, 0.717) is 32.0 Å². The molecule has 170 valence electrons. The smallest absolute Gasteiger partial charge is 0.305 e. The van der Waals surface area contributed by atoms with Crippen molar-refractivity contribution in [3.63, 3.8) is 0 Å². The number of rotatable bonds is 11. The Bertz CT molecular complexity index is 1090. The summed E-state index contributed by atoms with van der Waals surface area (Å²) in [5.74, 6) is 0.534. The van der Waals surface area contributed by atoms with Crippen molar-refractivity contribution in [1.29, 1.82) is 0 Å². The van der Waals surface area contributed by atoms with Crippen molar-refractivity contribution in [2.24, 2.45) is 5.92 Å². The van der Waals surface area contributed by atoms with E-state index in [0.717, 1.165) is 57.5 Å². The first-order chi connectivity index (χ1) is 15.6. The highest BCUT2D eigenvalue weighted by atomic mass is 79.9. The third-order valence-electron chi connectivity index (χ3n) is 5.82. The maximum atomic E-state index is 11.9. The Hall–Kier alpha value is -2.25. The van der Waals surface area contributed by atoms with Gasteiger partial charge in [0, 0.05) is 46.7 Å². The molecule has 0 bridgehead atoms. The van der Waals surface area contributed by atoms with Gasteiger partial charge in [-0.15, -0.1) is 0 Å². The van der Waals surface area contributed by atoms with Gasteiger partial charge in [0.05, 0.1) is 24.4 Å². The molecule has 1 fully saturated rings. The summed E-state index contributed by atoms with van der Waals surface area (Å²) >= 11 is 3.57. The minimum atomic E-state index is -0.158. The minimum absolute atomic E-state index is 0.158. The van der Waals surface area contributed by atoms with E-state index >= 15 is 0 Å². The number of halogens is 1. The number of nitrogens with zero attached hydrogens (tertiary/aromatic N) is 3. The van der Waals surface area contributed by atoms with Crippen LogP contribution in [0.5, 0.6) is 0 Å². The molecule has 0 amide bonds. The maximum absolute atomic E-state index is 11.9. The fourth-order valence-electron chi connectivity index (χ4n) is 4.03. The molecule has 4 rings (SSSR count). The number of esters is 1. The Morgan fingerprint density at radius 3 is 2.81 bits per heavy atom. The number of pyridine rings is 1. The second-order valence-corrected chi connectivity index (χ2v) is 9.20. The zero-order chi connectivity index (χ0) is 22.5. The van der Waals surface area contributed by atoms with E-state index in [1.807, 2.05) is 17.6 Å². The van der Waals surface area contributed by atoms with E-state index in [1.54, 1.807) is 6.20 Å². The van der Waals surface area contributed by atoms with Crippen molar-refractivity contribution < 1.29 is 14.3 Å². The van der Waals surface area contributed by atoms with E-state index in [1.165, 1.54) is 12.8 Å². The normalized spacial score (nSPS) is 13.6. The molecule has 6 nitrogen and oxygen atoms in total. The Morgan fingerprint density at radius 1 is 1.25 bits per heavy atom. The SMILES string of the molecule is CCOC(=O)CCCc1c(COCC2CC2)nn2c(CC)ccc2c1-c1cncc(Br)c1. The van der Waals surface area contributed by atoms with Gasteiger partial charge in [-0.2, -0.15) is 5.10 Å². The van der Waals surface area contributed by atoms with Crippen molar-refractivity contribution in [1.82, 2.24) is 14.6 Å². The van der Waals surface area contributed by atoms with Crippen molar-refractivity contribution in [2.75, 3.05) is 13.2 Å². The predicted octanol–water partition coefficient (Wildman–Crippen LogP) is 5.53. The zero-order valence-corrected chi connectivity index (χ0v) is 20.4. The van der Waals surface area contributed by atoms with Crippen LogP contribution in [-0.4, -0.2) is 33.8 Å².